The summed E-state index contributed by atoms with van der Waals surface area (Å²) in [5, 5.41) is 5.65. The minimum absolute atomic E-state index is 0.135. The molecule has 9 heteroatoms. The zero-order valence-corrected chi connectivity index (χ0v) is 13.8. The van der Waals surface area contributed by atoms with Crippen molar-refractivity contribution in [3.05, 3.63) is 58.7 Å². The Morgan fingerprint density at radius 2 is 1.92 bits per heavy atom. The molecule has 130 valence electrons. The molecule has 0 saturated carbocycles. The summed E-state index contributed by atoms with van der Waals surface area (Å²) in [6.45, 7) is 0. The van der Waals surface area contributed by atoms with E-state index in [0.717, 1.165) is 17.4 Å². The van der Waals surface area contributed by atoms with Gasteiger partial charge in [0.05, 0.1) is 23.0 Å². The Kier molecular flexibility index (Phi) is 3.80. The number of aromatic nitrogens is 4. The van der Waals surface area contributed by atoms with Crippen molar-refractivity contribution in [2.24, 2.45) is 0 Å². The molecule has 4 aromatic rings. The van der Waals surface area contributed by atoms with Gasteiger partial charge in [-0.05, 0) is 23.1 Å². The summed E-state index contributed by atoms with van der Waals surface area (Å²) in [4.78, 5) is 19.2. The molecular formula is C17H9F3N4OS. The average molecular weight is 374 g/mol. The van der Waals surface area contributed by atoms with Crippen molar-refractivity contribution in [1.29, 1.82) is 0 Å². The Morgan fingerprint density at radius 1 is 1.12 bits per heavy atom. The van der Waals surface area contributed by atoms with Gasteiger partial charge in [0, 0.05) is 11.1 Å². The van der Waals surface area contributed by atoms with E-state index in [9.17, 15) is 18.0 Å². The van der Waals surface area contributed by atoms with Crippen LogP contribution in [0.2, 0.25) is 0 Å². The fraction of sp³-hybridized carbons (Fsp3) is 0.0588. The number of aldehydes is 1. The molecule has 0 amide bonds. The lowest BCUT2D eigenvalue weighted by molar-refractivity contribution is -0.141. The fourth-order valence-electron chi connectivity index (χ4n) is 2.61. The highest BCUT2D eigenvalue weighted by atomic mass is 32.1. The normalized spacial score (nSPS) is 11.8. The topological polar surface area (TPSA) is 60.2 Å². The lowest BCUT2D eigenvalue weighted by Gasteiger charge is -2.06. The van der Waals surface area contributed by atoms with E-state index in [1.54, 1.807) is 12.1 Å². The van der Waals surface area contributed by atoms with Gasteiger partial charge in [-0.2, -0.15) is 22.8 Å². The lowest BCUT2D eigenvalue weighted by atomic mass is 10.0. The van der Waals surface area contributed by atoms with Crippen molar-refractivity contribution in [1.82, 2.24) is 19.6 Å². The van der Waals surface area contributed by atoms with Gasteiger partial charge in [-0.1, -0.05) is 18.2 Å². The Balaban J connectivity index is 1.81. The van der Waals surface area contributed by atoms with Crippen LogP contribution in [0.15, 0.2) is 48.1 Å². The van der Waals surface area contributed by atoms with E-state index < -0.39 is 11.9 Å². The van der Waals surface area contributed by atoms with Crippen LogP contribution in [-0.2, 0) is 6.18 Å². The quantitative estimate of drug-likeness (QED) is 0.500. The van der Waals surface area contributed by atoms with E-state index in [4.69, 9.17) is 0 Å². The molecule has 0 fully saturated rings. The van der Waals surface area contributed by atoms with Gasteiger partial charge in [0.25, 0.3) is 5.78 Å². The largest absolute Gasteiger partial charge is 0.435 e. The van der Waals surface area contributed by atoms with Crippen molar-refractivity contribution in [2.75, 3.05) is 0 Å². The molecule has 0 aliphatic heterocycles. The van der Waals surface area contributed by atoms with Crippen LogP contribution in [-0.4, -0.2) is 25.9 Å². The van der Waals surface area contributed by atoms with E-state index >= 15 is 0 Å². The van der Waals surface area contributed by atoms with E-state index in [1.165, 1.54) is 22.0 Å². The average Bonchev–Trinajstić information content (AvgIpc) is 3.27. The van der Waals surface area contributed by atoms with Crippen LogP contribution >= 0.6 is 11.3 Å². The van der Waals surface area contributed by atoms with E-state index in [0.29, 0.717) is 22.3 Å². The second-order valence-electron chi connectivity index (χ2n) is 5.39. The molecule has 0 aliphatic carbocycles. The van der Waals surface area contributed by atoms with Crippen molar-refractivity contribution in [2.45, 2.75) is 6.18 Å². The van der Waals surface area contributed by atoms with Gasteiger partial charge < -0.3 is 0 Å². The van der Waals surface area contributed by atoms with Crippen LogP contribution in [0, 0.1) is 0 Å². The van der Waals surface area contributed by atoms with E-state index in [2.05, 4.69) is 15.1 Å². The van der Waals surface area contributed by atoms with Crippen molar-refractivity contribution < 1.29 is 18.0 Å². The van der Waals surface area contributed by atoms with Crippen LogP contribution in [0.25, 0.3) is 28.2 Å². The van der Waals surface area contributed by atoms with Gasteiger partial charge in [-0.25, -0.2) is 9.97 Å². The number of rotatable bonds is 3. The summed E-state index contributed by atoms with van der Waals surface area (Å²) in [5.41, 5.74) is 1.73. The molecular weight excluding hydrogens is 365 g/mol. The van der Waals surface area contributed by atoms with Gasteiger partial charge in [0.2, 0.25) is 0 Å². The molecule has 3 heterocycles. The third-order valence-corrected chi connectivity index (χ3v) is 4.64. The number of hydrogen-bond donors (Lipinski definition) is 0. The number of thiophene rings is 1. The molecule has 26 heavy (non-hydrogen) atoms. The van der Waals surface area contributed by atoms with Crippen LogP contribution < -0.4 is 0 Å². The summed E-state index contributed by atoms with van der Waals surface area (Å²) < 4.78 is 39.5. The first-order valence-corrected chi connectivity index (χ1v) is 8.27. The Morgan fingerprint density at radius 3 is 2.69 bits per heavy atom. The maximum atomic E-state index is 12.8. The highest BCUT2D eigenvalue weighted by molar-refractivity contribution is 7.12. The number of imidazole rings is 1. The highest BCUT2D eigenvalue weighted by Crippen LogP contribution is 2.31. The molecule has 0 aliphatic rings. The first-order valence-electron chi connectivity index (χ1n) is 7.39. The number of benzene rings is 1. The Hall–Kier alpha value is -3.07. The van der Waals surface area contributed by atoms with Crippen LogP contribution in [0.4, 0.5) is 13.2 Å². The first-order chi connectivity index (χ1) is 12.5. The third-order valence-electron chi connectivity index (χ3n) is 3.80. The molecule has 0 saturated heterocycles. The summed E-state index contributed by atoms with van der Waals surface area (Å²) in [7, 11) is 0. The minimum Gasteiger partial charge on any atom is -0.297 e. The van der Waals surface area contributed by atoms with E-state index in [-0.39, 0.29) is 5.78 Å². The van der Waals surface area contributed by atoms with Crippen molar-refractivity contribution in [3.63, 3.8) is 0 Å². The third kappa shape index (κ3) is 2.76. The number of halogens is 3. The predicted octanol–water partition coefficient (Wildman–Crippen LogP) is 4.35. The standard InChI is InChI=1S/C17H9F3N4OS/c18-17(19,20)15-8-22-24-13(7-21-16(24)23-15)11-3-1-2-10(6-11)12-4-5-26-14(12)9-25/h1-9H. The SMILES string of the molecule is O=Cc1sccc1-c1cccc(-c2cnc3nc(C(F)(F)F)cnn23)c1. The van der Waals surface area contributed by atoms with Crippen molar-refractivity contribution >= 4 is 23.4 Å². The molecule has 0 spiro atoms. The maximum absolute atomic E-state index is 12.8. The second kappa shape index (κ2) is 6.03. The number of nitrogens with zero attached hydrogens (tertiary/aromatic N) is 4. The van der Waals surface area contributed by atoms with Gasteiger partial charge in [-0.3, -0.25) is 4.79 Å². The van der Waals surface area contributed by atoms with E-state index in [1.807, 2.05) is 23.6 Å². The monoisotopic (exact) mass is 374 g/mol. The first kappa shape index (κ1) is 16.4. The maximum Gasteiger partial charge on any atom is 0.435 e. The van der Waals surface area contributed by atoms with Gasteiger partial charge in [-0.15, -0.1) is 11.3 Å². The number of hydrogen-bond acceptors (Lipinski definition) is 5. The minimum atomic E-state index is -4.58. The molecule has 0 atom stereocenters. The molecule has 0 N–H and O–H groups in total. The highest BCUT2D eigenvalue weighted by Gasteiger charge is 2.33. The Labute approximate surface area is 148 Å². The van der Waals surface area contributed by atoms with Crippen LogP contribution in [0.5, 0.6) is 0 Å². The summed E-state index contributed by atoms with van der Waals surface area (Å²) in [6, 6.07) is 9.12. The zero-order valence-electron chi connectivity index (χ0n) is 12.9. The smallest absolute Gasteiger partial charge is 0.297 e. The summed E-state index contributed by atoms with van der Waals surface area (Å²) in [6.07, 6.45) is -1.69. The van der Waals surface area contributed by atoms with Crippen molar-refractivity contribution in [3.8, 4) is 22.4 Å². The van der Waals surface area contributed by atoms with Gasteiger partial charge >= 0.3 is 6.18 Å². The number of carbonyl (C=O) groups is 1. The molecule has 1 aromatic carbocycles. The van der Waals surface area contributed by atoms with Gasteiger partial charge in [0.1, 0.15) is 0 Å². The molecule has 4 rings (SSSR count). The van der Waals surface area contributed by atoms with Gasteiger partial charge in [0.15, 0.2) is 12.0 Å². The lowest BCUT2D eigenvalue weighted by Crippen LogP contribution is -2.11. The number of carbonyl (C=O) groups excluding carboxylic acids is 1. The molecule has 0 radical (unpaired) electrons. The second-order valence-corrected chi connectivity index (χ2v) is 6.34. The molecule has 0 unspecified atom stereocenters. The molecule has 5 nitrogen and oxygen atoms in total. The molecule has 3 aromatic heterocycles. The zero-order chi connectivity index (χ0) is 18.3. The number of fused-ring (bicyclic) bond motifs is 1. The van der Waals surface area contributed by atoms with Crippen LogP contribution in [0.3, 0.4) is 0 Å². The summed E-state index contributed by atoms with van der Waals surface area (Å²) in [5.74, 6) is -0.135. The summed E-state index contributed by atoms with van der Waals surface area (Å²) >= 11 is 1.34. The molecule has 0 bridgehead atoms. The van der Waals surface area contributed by atoms with Crippen LogP contribution in [0.1, 0.15) is 15.4 Å². The fourth-order valence-corrected chi connectivity index (χ4v) is 3.32. The predicted molar refractivity (Wildman–Crippen MR) is 89.9 cm³/mol. The Bertz CT molecular complexity index is 1120. The number of alkyl halides is 3.